The summed E-state index contributed by atoms with van der Waals surface area (Å²) in [5.41, 5.74) is 7.50. The first-order valence-electron chi connectivity index (χ1n) is 9.27. The summed E-state index contributed by atoms with van der Waals surface area (Å²) in [6.45, 7) is 8.21. The van der Waals surface area contributed by atoms with Crippen molar-refractivity contribution >= 4 is 44.7 Å². The quantitative estimate of drug-likeness (QED) is 0.277. The van der Waals surface area contributed by atoms with Gasteiger partial charge in [-0.3, -0.25) is 5.73 Å². The van der Waals surface area contributed by atoms with Gasteiger partial charge in [0.05, 0.1) is 13.0 Å². The van der Waals surface area contributed by atoms with E-state index < -0.39 is 15.4 Å². The molecule has 0 aromatic heterocycles. The van der Waals surface area contributed by atoms with Crippen molar-refractivity contribution in [2.24, 2.45) is 17.6 Å². The van der Waals surface area contributed by atoms with Crippen LogP contribution in [0.4, 0.5) is 0 Å². The largest absolute Gasteiger partial charge is 0.497 e. The van der Waals surface area contributed by atoms with Crippen molar-refractivity contribution in [3.8, 4) is 11.5 Å². The van der Waals surface area contributed by atoms with Crippen LogP contribution >= 0.6 is 44.7 Å². The number of halogens is 3. The fourth-order valence-corrected chi connectivity index (χ4v) is 3.96. The predicted octanol–water partition coefficient (Wildman–Crippen LogP) is 6.60. The molecule has 0 aliphatic heterocycles. The molecule has 2 N–H and O–H groups in total. The van der Waals surface area contributed by atoms with E-state index in [-0.39, 0.29) is 21.7 Å². The van der Waals surface area contributed by atoms with Crippen molar-refractivity contribution in [1.29, 1.82) is 0 Å². The van der Waals surface area contributed by atoms with E-state index in [1.807, 2.05) is 48.5 Å². The monoisotopic (exact) mass is 477 g/mol. The highest BCUT2D eigenvalue weighted by atomic mass is 35.6. The fourth-order valence-electron chi connectivity index (χ4n) is 3.20. The number of rotatable bonds is 7. The van der Waals surface area contributed by atoms with Gasteiger partial charge >= 0.3 is 0 Å². The van der Waals surface area contributed by atoms with Crippen LogP contribution < -0.4 is 15.2 Å². The number of ether oxygens (including phenoxy) is 2. The van der Waals surface area contributed by atoms with Gasteiger partial charge in [0.2, 0.25) is 3.79 Å². The van der Waals surface area contributed by atoms with E-state index in [0.29, 0.717) is 5.75 Å². The summed E-state index contributed by atoms with van der Waals surface area (Å²) in [5, 5.41) is 0. The fraction of sp³-hybridized carbons (Fsp3) is 0.455. The molecule has 0 saturated heterocycles. The second kappa shape index (κ2) is 10.6. The van der Waals surface area contributed by atoms with Gasteiger partial charge < -0.3 is 9.47 Å². The molecular weight excluding hydrogens is 448 g/mol. The zero-order valence-corrected chi connectivity index (χ0v) is 21.3. The zero-order valence-electron chi connectivity index (χ0n) is 17.6. The molecule has 0 amide bonds. The summed E-state index contributed by atoms with van der Waals surface area (Å²) >= 11 is 19.0. The predicted molar refractivity (Wildman–Crippen MR) is 130 cm³/mol. The van der Waals surface area contributed by atoms with Gasteiger partial charge in [0.15, 0.2) is 5.72 Å². The van der Waals surface area contributed by atoms with Gasteiger partial charge in [-0.1, -0.05) is 86.8 Å². The van der Waals surface area contributed by atoms with Gasteiger partial charge in [0, 0.05) is 11.8 Å². The van der Waals surface area contributed by atoms with Crippen LogP contribution in [0.25, 0.3) is 0 Å². The van der Waals surface area contributed by atoms with Gasteiger partial charge in [-0.2, -0.15) is 9.90 Å². The first-order valence-corrected chi connectivity index (χ1v) is 10.4. The summed E-state index contributed by atoms with van der Waals surface area (Å²) in [4.78, 5) is 0. The average Bonchev–Trinajstić information content (AvgIpc) is 2.62. The van der Waals surface area contributed by atoms with Crippen molar-refractivity contribution in [1.82, 2.24) is 0 Å². The average molecular weight is 479 g/mol. The molecule has 7 heteroatoms. The number of hydrogen-bond donors (Lipinski definition) is 1. The molecule has 0 spiro atoms. The third-order valence-corrected chi connectivity index (χ3v) is 5.74. The Balaban J connectivity index is 0.00000420. The summed E-state index contributed by atoms with van der Waals surface area (Å²) in [5.74, 6) is 1.31. The number of methoxy groups -OCH3 is 1. The molecular formula is C22H31Cl3NO2P. The molecule has 0 aliphatic carbocycles. The first-order chi connectivity index (χ1) is 13.0. The molecule has 162 valence electrons. The third-order valence-electron chi connectivity index (χ3n) is 5.09. The third kappa shape index (κ3) is 6.39. The molecule has 0 aliphatic rings. The molecule has 2 aromatic rings. The topological polar surface area (TPSA) is 44.5 Å². The smallest absolute Gasteiger partial charge is 0.201 e. The summed E-state index contributed by atoms with van der Waals surface area (Å²) in [6.07, 6.45) is 0. The van der Waals surface area contributed by atoms with Crippen LogP contribution in [-0.2, 0) is 0 Å². The van der Waals surface area contributed by atoms with Crippen molar-refractivity contribution in [2.45, 2.75) is 43.1 Å². The standard InChI is InChI=1S/C22H28Cl3NO2.H3P/c1-14(2)21(26,15(3)4)28-19-12-8-17(9-13-19)20(22(23,24)25)16-6-10-18(27-5)11-7-16;/h6-15,20H,26H2,1-5H3;1H3. The van der Waals surface area contributed by atoms with E-state index in [2.05, 4.69) is 27.7 Å². The second-order valence-electron chi connectivity index (χ2n) is 7.58. The Bertz CT molecular complexity index is 751. The van der Waals surface area contributed by atoms with Gasteiger partial charge in [0.1, 0.15) is 11.5 Å². The summed E-state index contributed by atoms with van der Waals surface area (Å²) < 4.78 is 9.85. The maximum Gasteiger partial charge on any atom is 0.201 e. The van der Waals surface area contributed by atoms with Crippen LogP contribution in [0, 0.1) is 11.8 Å². The molecule has 0 fully saturated rings. The Morgan fingerprint density at radius 3 is 1.45 bits per heavy atom. The summed E-state index contributed by atoms with van der Waals surface area (Å²) in [7, 11) is 1.62. The Kier molecular flexibility index (Phi) is 9.58. The van der Waals surface area contributed by atoms with Crippen molar-refractivity contribution < 1.29 is 9.47 Å². The van der Waals surface area contributed by atoms with E-state index in [4.69, 9.17) is 50.0 Å². The van der Waals surface area contributed by atoms with E-state index in [0.717, 1.165) is 16.9 Å². The second-order valence-corrected chi connectivity index (χ2v) is 9.95. The highest BCUT2D eigenvalue weighted by Crippen LogP contribution is 2.46. The highest BCUT2D eigenvalue weighted by molar-refractivity contribution is 6.92. The lowest BCUT2D eigenvalue weighted by Crippen LogP contribution is -2.55. The van der Waals surface area contributed by atoms with Crippen molar-refractivity contribution in [3.05, 3.63) is 59.7 Å². The SMILES string of the molecule is COc1ccc(C(c2ccc(OC(N)(C(C)C)C(C)C)cc2)C(Cl)(Cl)Cl)cc1.P. The van der Waals surface area contributed by atoms with Crippen LogP contribution in [0.15, 0.2) is 48.5 Å². The van der Waals surface area contributed by atoms with Gasteiger partial charge in [-0.15, -0.1) is 0 Å². The molecule has 0 bridgehead atoms. The van der Waals surface area contributed by atoms with Gasteiger partial charge in [-0.25, -0.2) is 0 Å². The molecule has 2 atom stereocenters. The lowest BCUT2D eigenvalue weighted by molar-refractivity contribution is -0.0154. The number of nitrogens with two attached hydrogens (primary N) is 1. The lowest BCUT2D eigenvalue weighted by atomic mass is 9.89. The molecule has 0 radical (unpaired) electrons. The molecule has 29 heavy (non-hydrogen) atoms. The van der Waals surface area contributed by atoms with E-state index >= 15 is 0 Å². The maximum absolute atomic E-state index is 6.50. The van der Waals surface area contributed by atoms with Gasteiger partial charge in [-0.05, 0) is 35.4 Å². The molecule has 2 unspecified atom stereocenters. The number of alkyl halides is 3. The Labute approximate surface area is 192 Å². The van der Waals surface area contributed by atoms with Gasteiger partial charge in [0.25, 0.3) is 0 Å². The Hall–Kier alpha value is -0.700. The van der Waals surface area contributed by atoms with Crippen LogP contribution in [0.2, 0.25) is 0 Å². The van der Waals surface area contributed by atoms with Crippen LogP contribution in [0.1, 0.15) is 44.7 Å². The highest BCUT2D eigenvalue weighted by Gasteiger charge is 2.37. The van der Waals surface area contributed by atoms with E-state index in [9.17, 15) is 0 Å². The molecule has 0 heterocycles. The lowest BCUT2D eigenvalue weighted by Gasteiger charge is -2.38. The Morgan fingerprint density at radius 1 is 0.759 bits per heavy atom. The zero-order chi connectivity index (χ0) is 21.1. The number of hydrogen-bond acceptors (Lipinski definition) is 3. The van der Waals surface area contributed by atoms with Crippen molar-refractivity contribution in [2.75, 3.05) is 7.11 Å². The van der Waals surface area contributed by atoms with Crippen LogP contribution in [0.5, 0.6) is 11.5 Å². The minimum absolute atomic E-state index is 0. The first kappa shape index (κ1) is 26.3. The molecule has 3 nitrogen and oxygen atoms in total. The maximum atomic E-state index is 6.50. The Morgan fingerprint density at radius 2 is 1.14 bits per heavy atom. The molecule has 2 rings (SSSR count). The van der Waals surface area contributed by atoms with Crippen LogP contribution in [-0.4, -0.2) is 16.6 Å². The van der Waals surface area contributed by atoms with Crippen LogP contribution in [0.3, 0.4) is 0 Å². The minimum atomic E-state index is -1.51. The van der Waals surface area contributed by atoms with E-state index in [1.54, 1.807) is 7.11 Å². The minimum Gasteiger partial charge on any atom is -0.497 e. The normalized spacial score (nSPS) is 13.2. The number of benzene rings is 2. The van der Waals surface area contributed by atoms with E-state index in [1.165, 1.54) is 0 Å². The van der Waals surface area contributed by atoms with Crippen molar-refractivity contribution in [3.63, 3.8) is 0 Å². The summed E-state index contributed by atoms with van der Waals surface area (Å²) in [6, 6.07) is 15.1. The molecule has 2 aromatic carbocycles. The molecule has 0 saturated carbocycles.